The van der Waals surface area contributed by atoms with Crippen molar-refractivity contribution in [2.75, 3.05) is 11.2 Å². The maximum atomic E-state index is 12.6. The summed E-state index contributed by atoms with van der Waals surface area (Å²) >= 11 is 1.31. The van der Waals surface area contributed by atoms with Gasteiger partial charge in [0.15, 0.2) is 5.82 Å². The standard InChI is InChI=1S/C17H25N5OS/c1-5-12-9-8-10-13(6-2)15(12)19-16(23)11(4)24-17-21-20-14(7-3)22(17)18/h8-11H,5-7,18H2,1-4H3,(H,19,23). The number of carbonyl (C=O) groups is 1. The molecule has 130 valence electrons. The molecule has 1 aromatic carbocycles. The van der Waals surface area contributed by atoms with Crippen molar-refractivity contribution in [2.24, 2.45) is 0 Å². The summed E-state index contributed by atoms with van der Waals surface area (Å²) in [4.78, 5) is 12.6. The largest absolute Gasteiger partial charge is 0.336 e. The monoisotopic (exact) mass is 347 g/mol. The summed E-state index contributed by atoms with van der Waals surface area (Å²) in [6.07, 6.45) is 2.46. The first-order valence-corrected chi connectivity index (χ1v) is 9.17. The van der Waals surface area contributed by atoms with Gasteiger partial charge in [-0.2, -0.15) is 0 Å². The molecule has 0 aliphatic heterocycles. The van der Waals surface area contributed by atoms with Crippen LogP contribution in [0.1, 0.15) is 44.6 Å². The van der Waals surface area contributed by atoms with Crippen LogP contribution in [0.3, 0.4) is 0 Å². The van der Waals surface area contributed by atoms with Gasteiger partial charge in [0.2, 0.25) is 11.1 Å². The second kappa shape index (κ2) is 8.19. The highest BCUT2D eigenvalue weighted by Crippen LogP contribution is 2.26. The third kappa shape index (κ3) is 3.90. The average molecular weight is 347 g/mol. The van der Waals surface area contributed by atoms with Crippen LogP contribution in [0.15, 0.2) is 23.4 Å². The number of anilines is 1. The molecule has 7 heteroatoms. The van der Waals surface area contributed by atoms with E-state index in [0.717, 1.165) is 29.7 Å². The molecule has 0 fully saturated rings. The summed E-state index contributed by atoms with van der Waals surface area (Å²) in [7, 11) is 0. The van der Waals surface area contributed by atoms with E-state index >= 15 is 0 Å². The van der Waals surface area contributed by atoms with Crippen LogP contribution in [-0.2, 0) is 24.1 Å². The van der Waals surface area contributed by atoms with Crippen molar-refractivity contribution in [2.45, 2.75) is 57.4 Å². The van der Waals surface area contributed by atoms with E-state index in [2.05, 4.69) is 41.5 Å². The Morgan fingerprint density at radius 2 is 1.83 bits per heavy atom. The minimum atomic E-state index is -0.323. The molecule has 0 aliphatic carbocycles. The minimum absolute atomic E-state index is 0.0587. The third-order valence-corrected chi connectivity index (χ3v) is 5.01. The molecule has 1 aromatic heterocycles. The predicted molar refractivity (Wildman–Crippen MR) is 98.7 cm³/mol. The molecule has 0 saturated heterocycles. The summed E-state index contributed by atoms with van der Waals surface area (Å²) in [6.45, 7) is 7.99. The lowest BCUT2D eigenvalue weighted by Crippen LogP contribution is -2.25. The molecule has 2 aromatic rings. The van der Waals surface area contributed by atoms with Gasteiger partial charge in [0.25, 0.3) is 0 Å². The van der Waals surface area contributed by atoms with Gasteiger partial charge >= 0.3 is 0 Å². The lowest BCUT2D eigenvalue weighted by molar-refractivity contribution is -0.115. The molecule has 0 saturated carbocycles. The van der Waals surface area contributed by atoms with Crippen molar-refractivity contribution in [1.82, 2.24) is 14.9 Å². The van der Waals surface area contributed by atoms with Crippen LogP contribution < -0.4 is 11.2 Å². The molecule has 24 heavy (non-hydrogen) atoms. The fourth-order valence-corrected chi connectivity index (χ4v) is 3.26. The Bertz CT molecular complexity index is 691. The summed E-state index contributed by atoms with van der Waals surface area (Å²) in [6, 6.07) is 6.14. The van der Waals surface area contributed by atoms with Crippen molar-refractivity contribution < 1.29 is 4.79 Å². The molecule has 2 rings (SSSR count). The van der Waals surface area contributed by atoms with E-state index in [1.807, 2.05) is 19.9 Å². The quantitative estimate of drug-likeness (QED) is 0.594. The molecule has 6 nitrogen and oxygen atoms in total. The summed E-state index contributed by atoms with van der Waals surface area (Å²) in [5.74, 6) is 6.59. The molecular weight excluding hydrogens is 322 g/mol. The molecule has 0 radical (unpaired) electrons. The number of benzene rings is 1. The Kier molecular flexibility index (Phi) is 6.25. The van der Waals surface area contributed by atoms with E-state index < -0.39 is 0 Å². The molecule has 1 atom stereocenters. The number of hydrogen-bond acceptors (Lipinski definition) is 5. The Morgan fingerprint density at radius 3 is 2.33 bits per heavy atom. The van der Waals surface area contributed by atoms with Crippen LogP contribution in [0.4, 0.5) is 5.69 Å². The maximum Gasteiger partial charge on any atom is 0.237 e. The number of para-hydroxylation sites is 1. The summed E-state index contributed by atoms with van der Waals surface area (Å²) in [5, 5.41) is 11.4. The van der Waals surface area contributed by atoms with Gasteiger partial charge in [-0.05, 0) is 30.9 Å². The zero-order chi connectivity index (χ0) is 17.7. The second-order valence-electron chi connectivity index (χ2n) is 5.53. The highest BCUT2D eigenvalue weighted by molar-refractivity contribution is 8.00. The third-order valence-electron chi connectivity index (χ3n) is 3.95. The number of nitrogens with one attached hydrogen (secondary N) is 1. The molecule has 3 N–H and O–H groups in total. The van der Waals surface area contributed by atoms with Gasteiger partial charge < -0.3 is 11.2 Å². The fraction of sp³-hybridized carbons (Fsp3) is 0.471. The fourth-order valence-electron chi connectivity index (χ4n) is 2.47. The number of nitrogens with two attached hydrogens (primary N) is 1. The van der Waals surface area contributed by atoms with Crippen molar-refractivity contribution in [3.05, 3.63) is 35.2 Å². The average Bonchev–Trinajstić information content (AvgIpc) is 2.94. The van der Waals surface area contributed by atoms with Crippen LogP contribution in [0.2, 0.25) is 0 Å². The molecule has 0 spiro atoms. The zero-order valence-electron chi connectivity index (χ0n) is 14.7. The summed E-state index contributed by atoms with van der Waals surface area (Å²) < 4.78 is 1.45. The van der Waals surface area contributed by atoms with Gasteiger partial charge in [-0.3, -0.25) is 4.79 Å². The van der Waals surface area contributed by atoms with Crippen LogP contribution in [-0.4, -0.2) is 26.0 Å². The van der Waals surface area contributed by atoms with Gasteiger partial charge in [0.1, 0.15) is 0 Å². The number of rotatable bonds is 7. The second-order valence-corrected chi connectivity index (χ2v) is 6.84. The van der Waals surface area contributed by atoms with Crippen LogP contribution in [0, 0.1) is 0 Å². The molecule has 0 aliphatic rings. The van der Waals surface area contributed by atoms with E-state index in [1.54, 1.807) is 0 Å². The van der Waals surface area contributed by atoms with E-state index in [9.17, 15) is 4.79 Å². The smallest absolute Gasteiger partial charge is 0.237 e. The lowest BCUT2D eigenvalue weighted by Gasteiger charge is -2.17. The molecular formula is C17H25N5OS. The molecule has 0 bridgehead atoms. The first-order chi connectivity index (χ1) is 11.5. The minimum Gasteiger partial charge on any atom is -0.336 e. The Labute approximate surface area is 147 Å². The maximum absolute atomic E-state index is 12.6. The highest BCUT2D eigenvalue weighted by Gasteiger charge is 2.20. The SMILES string of the molecule is CCc1cccc(CC)c1NC(=O)C(C)Sc1nnc(CC)n1N. The number of aromatic nitrogens is 3. The molecule has 1 heterocycles. The van der Waals surface area contributed by atoms with Gasteiger partial charge in [0, 0.05) is 12.1 Å². The number of hydrogen-bond donors (Lipinski definition) is 2. The van der Waals surface area contributed by atoms with Gasteiger partial charge in [-0.15, -0.1) is 10.2 Å². The number of nitrogen functional groups attached to an aromatic ring is 1. The van der Waals surface area contributed by atoms with E-state index in [0.29, 0.717) is 17.4 Å². The Morgan fingerprint density at radius 1 is 1.21 bits per heavy atom. The number of amides is 1. The predicted octanol–water partition coefficient (Wildman–Crippen LogP) is 2.80. The van der Waals surface area contributed by atoms with Crippen LogP contribution >= 0.6 is 11.8 Å². The molecule has 1 amide bonds. The first-order valence-electron chi connectivity index (χ1n) is 8.29. The van der Waals surface area contributed by atoms with Gasteiger partial charge in [0.05, 0.1) is 5.25 Å². The lowest BCUT2D eigenvalue weighted by atomic mass is 10.0. The van der Waals surface area contributed by atoms with Crippen molar-refractivity contribution in [3.63, 3.8) is 0 Å². The van der Waals surface area contributed by atoms with E-state index in [4.69, 9.17) is 5.84 Å². The van der Waals surface area contributed by atoms with Crippen LogP contribution in [0.5, 0.6) is 0 Å². The number of carbonyl (C=O) groups excluding carboxylic acids is 1. The van der Waals surface area contributed by atoms with E-state index in [-0.39, 0.29) is 11.2 Å². The van der Waals surface area contributed by atoms with Gasteiger partial charge in [-0.1, -0.05) is 50.7 Å². The number of aryl methyl sites for hydroxylation is 3. The van der Waals surface area contributed by atoms with Crippen molar-refractivity contribution in [3.8, 4) is 0 Å². The normalized spacial score (nSPS) is 12.2. The van der Waals surface area contributed by atoms with Crippen molar-refractivity contribution in [1.29, 1.82) is 0 Å². The zero-order valence-corrected chi connectivity index (χ0v) is 15.5. The Hall–Kier alpha value is -2.02. The number of nitrogens with zero attached hydrogens (tertiary/aromatic N) is 3. The van der Waals surface area contributed by atoms with Crippen molar-refractivity contribution >= 4 is 23.4 Å². The first kappa shape index (κ1) is 18.3. The Balaban J connectivity index is 2.13. The van der Waals surface area contributed by atoms with Crippen LogP contribution in [0.25, 0.3) is 0 Å². The topological polar surface area (TPSA) is 85.8 Å². The number of thioether (sulfide) groups is 1. The van der Waals surface area contributed by atoms with E-state index in [1.165, 1.54) is 16.4 Å². The van der Waals surface area contributed by atoms with Gasteiger partial charge in [-0.25, -0.2) is 4.68 Å². The highest BCUT2D eigenvalue weighted by atomic mass is 32.2. The summed E-state index contributed by atoms with van der Waals surface area (Å²) in [5.41, 5.74) is 3.23. The molecule has 1 unspecified atom stereocenters.